The van der Waals surface area contributed by atoms with E-state index in [1.165, 1.54) is 88.0 Å². The molecular weight excluding hydrogens is 496 g/mol. The third-order valence-electron chi connectivity index (χ3n) is 9.65. The van der Waals surface area contributed by atoms with Crippen LogP contribution in [0.2, 0.25) is 0 Å². The third-order valence-corrected chi connectivity index (χ3v) is 9.65. The van der Waals surface area contributed by atoms with Crippen LogP contribution in [0.15, 0.2) is 97.3 Å². The molecule has 0 fully saturated rings. The highest BCUT2D eigenvalue weighted by molar-refractivity contribution is 6.28. The maximum absolute atomic E-state index is 4.95. The monoisotopic (exact) mass is 524 g/mol. The first kappa shape index (κ1) is 22.9. The fraction of sp³-hybridized carbons (Fsp3) is 0.128. The molecule has 41 heavy (non-hydrogen) atoms. The van der Waals surface area contributed by atoms with E-state index in [-0.39, 0.29) is 5.41 Å². The van der Waals surface area contributed by atoms with E-state index in [0.717, 1.165) is 11.4 Å². The van der Waals surface area contributed by atoms with E-state index >= 15 is 0 Å². The minimum atomic E-state index is -0.146. The average Bonchev–Trinajstić information content (AvgIpc) is 3.44. The zero-order valence-electron chi connectivity index (χ0n) is 23.6. The van der Waals surface area contributed by atoms with E-state index in [2.05, 4.69) is 113 Å². The molecule has 7 aromatic rings. The van der Waals surface area contributed by atoms with Gasteiger partial charge in [0.1, 0.15) is 0 Å². The molecule has 194 valence electrons. The number of aromatic nitrogens is 2. The van der Waals surface area contributed by atoms with Crippen LogP contribution in [0.3, 0.4) is 0 Å². The zero-order valence-corrected chi connectivity index (χ0v) is 23.6. The molecule has 0 radical (unpaired) electrons. The van der Waals surface area contributed by atoms with Gasteiger partial charge in [0.15, 0.2) is 0 Å². The number of hydrogen-bond donors (Lipinski definition) is 0. The number of rotatable bonds is 1. The third kappa shape index (κ3) is 2.82. The molecule has 0 saturated carbocycles. The van der Waals surface area contributed by atoms with E-state index in [0.29, 0.717) is 0 Å². The summed E-state index contributed by atoms with van der Waals surface area (Å²) in [7, 11) is 0. The average molecular weight is 525 g/mol. The summed E-state index contributed by atoms with van der Waals surface area (Å²) in [5, 5.41) is 7.78. The Labute approximate surface area is 239 Å². The summed E-state index contributed by atoms with van der Waals surface area (Å²) in [5.74, 6) is 0. The lowest BCUT2D eigenvalue weighted by Gasteiger charge is -2.25. The molecule has 0 atom stereocenters. The lowest BCUT2D eigenvalue weighted by Crippen LogP contribution is -2.16. The standard InChI is InChI=1S/C39H28N2/c1-21-11-13-23-28(18-21)31(25-15-17-41-38-26-8-5-6-10-33(26)39(3,4)36(25)38)19-30-24-14-12-22(2)34-27-9-7-16-40-37(27)32(35(24)34)20-29(23)30/h5-20H,1-4H3. The molecule has 0 saturated heterocycles. The minimum Gasteiger partial charge on any atom is -0.256 e. The second-order valence-electron chi connectivity index (χ2n) is 12.3. The number of benzene rings is 5. The summed E-state index contributed by atoms with van der Waals surface area (Å²) >= 11 is 0. The summed E-state index contributed by atoms with van der Waals surface area (Å²) in [6.45, 7) is 9.11. The fourth-order valence-electron chi connectivity index (χ4n) is 7.84. The van der Waals surface area contributed by atoms with E-state index in [1.807, 2.05) is 12.4 Å². The van der Waals surface area contributed by atoms with Crippen LogP contribution < -0.4 is 0 Å². The van der Waals surface area contributed by atoms with Gasteiger partial charge in [0.25, 0.3) is 0 Å². The van der Waals surface area contributed by atoms with Crippen molar-refractivity contribution in [2.45, 2.75) is 33.1 Å². The molecule has 0 bridgehead atoms. The predicted molar refractivity (Wildman–Crippen MR) is 171 cm³/mol. The molecular formula is C39H28N2. The number of nitrogens with zero attached hydrogens (tertiary/aromatic N) is 2. The SMILES string of the molecule is Cc1ccc2c(c1)c(-c1ccnc3c1C(C)(C)c1ccccc1-3)cc1c3ccc(C)c4c3c(cc21)-c1ncccc1-4. The van der Waals surface area contributed by atoms with Crippen LogP contribution in [-0.4, -0.2) is 9.97 Å². The minimum absolute atomic E-state index is 0.146. The van der Waals surface area contributed by atoms with Crippen molar-refractivity contribution < 1.29 is 0 Å². The first-order chi connectivity index (χ1) is 19.9. The first-order valence-electron chi connectivity index (χ1n) is 14.4. The number of aryl methyl sites for hydroxylation is 2. The molecule has 2 aromatic heterocycles. The molecule has 2 heterocycles. The molecule has 2 aliphatic carbocycles. The topological polar surface area (TPSA) is 25.8 Å². The van der Waals surface area contributed by atoms with Crippen LogP contribution in [0.4, 0.5) is 0 Å². The quantitative estimate of drug-likeness (QED) is 0.200. The van der Waals surface area contributed by atoms with E-state index in [4.69, 9.17) is 9.97 Å². The number of fused-ring (bicyclic) bond motifs is 10. The molecule has 9 rings (SSSR count). The van der Waals surface area contributed by atoms with Crippen LogP contribution in [-0.2, 0) is 5.41 Å². The van der Waals surface area contributed by atoms with Crippen LogP contribution in [0.25, 0.3) is 77.1 Å². The summed E-state index contributed by atoms with van der Waals surface area (Å²) in [6, 6.07) is 31.7. The van der Waals surface area contributed by atoms with Crippen molar-refractivity contribution in [3.8, 4) is 44.8 Å². The van der Waals surface area contributed by atoms with E-state index in [9.17, 15) is 0 Å². The van der Waals surface area contributed by atoms with Crippen molar-refractivity contribution in [3.05, 3.63) is 120 Å². The van der Waals surface area contributed by atoms with Gasteiger partial charge in [0.2, 0.25) is 0 Å². The Hall–Kier alpha value is -4.82. The molecule has 0 amide bonds. The van der Waals surface area contributed by atoms with Crippen LogP contribution in [0, 0.1) is 13.8 Å². The van der Waals surface area contributed by atoms with Gasteiger partial charge < -0.3 is 0 Å². The molecule has 2 nitrogen and oxygen atoms in total. The molecule has 0 N–H and O–H groups in total. The van der Waals surface area contributed by atoms with Crippen LogP contribution >= 0.6 is 0 Å². The van der Waals surface area contributed by atoms with Crippen molar-refractivity contribution in [1.29, 1.82) is 0 Å². The Kier molecular flexibility index (Phi) is 4.29. The van der Waals surface area contributed by atoms with Gasteiger partial charge >= 0.3 is 0 Å². The lowest BCUT2D eigenvalue weighted by molar-refractivity contribution is 0.661. The largest absolute Gasteiger partial charge is 0.256 e. The van der Waals surface area contributed by atoms with Crippen molar-refractivity contribution in [3.63, 3.8) is 0 Å². The van der Waals surface area contributed by atoms with Crippen molar-refractivity contribution >= 4 is 32.3 Å². The highest BCUT2D eigenvalue weighted by atomic mass is 14.7. The van der Waals surface area contributed by atoms with Crippen molar-refractivity contribution in [2.24, 2.45) is 0 Å². The van der Waals surface area contributed by atoms with Gasteiger partial charge in [-0.15, -0.1) is 0 Å². The Bertz CT molecular complexity index is 2310. The summed E-state index contributed by atoms with van der Waals surface area (Å²) in [4.78, 5) is 9.82. The predicted octanol–water partition coefficient (Wildman–Crippen LogP) is 10.2. The Morgan fingerprint density at radius 3 is 2.20 bits per heavy atom. The molecule has 0 spiro atoms. The zero-order chi connectivity index (χ0) is 27.6. The molecule has 5 aromatic carbocycles. The molecule has 0 unspecified atom stereocenters. The van der Waals surface area contributed by atoms with Gasteiger partial charge in [-0.05, 0) is 104 Å². The molecule has 0 aliphatic heterocycles. The Balaban J connectivity index is 1.46. The highest BCUT2D eigenvalue weighted by Gasteiger charge is 2.38. The van der Waals surface area contributed by atoms with Crippen LogP contribution in [0.1, 0.15) is 36.1 Å². The molecule has 2 aliphatic rings. The maximum atomic E-state index is 4.95. The Morgan fingerprint density at radius 2 is 1.29 bits per heavy atom. The van der Waals surface area contributed by atoms with Gasteiger partial charge in [0.05, 0.1) is 11.4 Å². The first-order valence-corrected chi connectivity index (χ1v) is 14.4. The lowest BCUT2D eigenvalue weighted by atomic mass is 9.78. The van der Waals surface area contributed by atoms with Gasteiger partial charge in [-0.25, -0.2) is 0 Å². The highest BCUT2D eigenvalue weighted by Crippen LogP contribution is 2.54. The second kappa shape index (κ2) is 7.67. The maximum Gasteiger partial charge on any atom is 0.0787 e. The van der Waals surface area contributed by atoms with E-state index < -0.39 is 0 Å². The number of pyridine rings is 2. The Morgan fingerprint density at radius 1 is 0.537 bits per heavy atom. The number of hydrogen-bond acceptors (Lipinski definition) is 2. The smallest absolute Gasteiger partial charge is 0.0787 e. The summed E-state index contributed by atoms with van der Waals surface area (Å²) in [5.41, 5.74) is 14.9. The summed E-state index contributed by atoms with van der Waals surface area (Å²) in [6.07, 6.45) is 3.92. The van der Waals surface area contributed by atoms with Crippen LogP contribution in [0.5, 0.6) is 0 Å². The van der Waals surface area contributed by atoms with Crippen molar-refractivity contribution in [1.82, 2.24) is 9.97 Å². The van der Waals surface area contributed by atoms with Crippen molar-refractivity contribution in [2.75, 3.05) is 0 Å². The second-order valence-corrected chi connectivity index (χ2v) is 12.3. The van der Waals surface area contributed by atoms with Gasteiger partial charge in [0, 0.05) is 34.5 Å². The van der Waals surface area contributed by atoms with E-state index in [1.54, 1.807) is 0 Å². The van der Waals surface area contributed by atoms with Gasteiger partial charge in [-0.3, -0.25) is 9.97 Å². The van der Waals surface area contributed by atoms with Gasteiger partial charge in [-0.2, -0.15) is 0 Å². The molecule has 2 heteroatoms. The fourth-order valence-corrected chi connectivity index (χ4v) is 7.84. The van der Waals surface area contributed by atoms with Gasteiger partial charge in [-0.1, -0.05) is 80.1 Å². The normalized spacial score (nSPS) is 14.0. The summed E-state index contributed by atoms with van der Waals surface area (Å²) < 4.78 is 0.